The van der Waals surface area contributed by atoms with Gasteiger partial charge in [0.1, 0.15) is 5.01 Å². The molecule has 0 radical (unpaired) electrons. The number of thiophene rings is 1. The molecule has 0 amide bonds. The van der Waals surface area contributed by atoms with E-state index in [4.69, 9.17) is 4.98 Å². The molecule has 0 aromatic carbocycles. The number of hydrogen-bond acceptors (Lipinski definition) is 4. The van der Waals surface area contributed by atoms with E-state index in [1.165, 1.54) is 44.2 Å². The second kappa shape index (κ2) is 5.41. The van der Waals surface area contributed by atoms with Crippen molar-refractivity contribution in [1.82, 2.24) is 10.3 Å². The zero-order valence-electron chi connectivity index (χ0n) is 10.2. The van der Waals surface area contributed by atoms with Crippen LogP contribution in [0.4, 0.5) is 0 Å². The molecule has 2 nitrogen and oxygen atoms in total. The molecule has 2 aromatic rings. The molecule has 0 saturated carbocycles. The van der Waals surface area contributed by atoms with Gasteiger partial charge in [-0.2, -0.15) is 0 Å². The largest absolute Gasteiger partial charge is 0.309 e. The molecule has 1 unspecified atom stereocenters. The second-order valence-electron chi connectivity index (χ2n) is 4.43. The fourth-order valence-corrected chi connectivity index (χ4v) is 5.37. The SMILES string of the molecule is CCNC1CCCc2sc(-c3sccc3Br)nc21. The van der Waals surface area contributed by atoms with Crippen molar-refractivity contribution in [3.05, 3.63) is 26.5 Å². The average Bonchev–Trinajstić information content (AvgIpc) is 2.95. The van der Waals surface area contributed by atoms with E-state index in [-0.39, 0.29) is 0 Å². The van der Waals surface area contributed by atoms with Crippen molar-refractivity contribution in [1.29, 1.82) is 0 Å². The Labute approximate surface area is 124 Å². The standard InChI is InChI=1S/C13H15BrN2S2/c1-2-15-9-4-3-5-10-11(9)16-13(18-10)12-8(14)6-7-17-12/h6-7,9,15H,2-5H2,1H3. The van der Waals surface area contributed by atoms with Crippen LogP contribution in [0.2, 0.25) is 0 Å². The predicted octanol–water partition coefficient (Wildman–Crippen LogP) is 4.62. The summed E-state index contributed by atoms with van der Waals surface area (Å²) in [6.45, 7) is 3.18. The van der Waals surface area contributed by atoms with Crippen molar-refractivity contribution >= 4 is 38.6 Å². The van der Waals surface area contributed by atoms with Gasteiger partial charge in [-0.25, -0.2) is 4.98 Å². The summed E-state index contributed by atoms with van der Waals surface area (Å²) < 4.78 is 1.17. The van der Waals surface area contributed by atoms with Gasteiger partial charge in [0.25, 0.3) is 0 Å². The van der Waals surface area contributed by atoms with E-state index in [0.29, 0.717) is 6.04 Å². The molecule has 1 aliphatic rings. The van der Waals surface area contributed by atoms with Gasteiger partial charge in [0.2, 0.25) is 0 Å². The molecule has 0 bridgehead atoms. The molecule has 18 heavy (non-hydrogen) atoms. The van der Waals surface area contributed by atoms with Gasteiger partial charge in [0, 0.05) is 9.35 Å². The minimum Gasteiger partial charge on any atom is -0.309 e. The summed E-state index contributed by atoms with van der Waals surface area (Å²) in [7, 11) is 0. The van der Waals surface area contributed by atoms with Crippen LogP contribution in [0.15, 0.2) is 15.9 Å². The Morgan fingerprint density at radius 2 is 2.44 bits per heavy atom. The molecule has 1 aliphatic carbocycles. The van der Waals surface area contributed by atoms with Crippen LogP contribution >= 0.6 is 38.6 Å². The Balaban J connectivity index is 1.98. The summed E-state index contributed by atoms with van der Waals surface area (Å²) in [5.74, 6) is 0. The lowest BCUT2D eigenvalue weighted by molar-refractivity contribution is 0.465. The number of halogens is 1. The topological polar surface area (TPSA) is 24.9 Å². The Morgan fingerprint density at radius 3 is 3.17 bits per heavy atom. The van der Waals surface area contributed by atoms with E-state index in [2.05, 4.69) is 39.6 Å². The second-order valence-corrected chi connectivity index (χ2v) is 7.28. The zero-order valence-corrected chi connectivity index (χ0v) is 13.4. The molecule has 1 atom stereocenters. The first-order chi connectivity index (χ1) is 8.79. The van der Waals surface area contributed by atoms with Crippen LogP contribution in [0.5, 0.6) is 0 Å². The minimum absolute atomic E-state index is 0.461. The van der Waals surface area contributed by atoms with Gasteiger partial charge in [0.05, 0.1) is 16.6 Å². The predicted molar refractivity (Wildman–Crippen MR) is 82.5 cm³/mol. The van der Waals surface area contributed by atoms with Crippen LogP contribution in [-0.2, 0) is 6.42 Å². The van der Waals surface area contributed by atoms with Crippen LogP contribution in [0.1, 0.15) is 36.4 Å². The summed E-state index contributed by atoms with van der Waals surface area (Å²) in [5, 5.41) is 6.84. The van der Waals surface area contributed by atoms with Gasteiger partial charge < -0.3 is 5.32 Å². The highest BCUT2D eigenvalue weighted by atomic mass is 79.9. The molecule has 0 aliphatic heterocycles. The normalized spacial score (nSPS) is 18.9. The molecule has 5 heteroatoms. The Bertz CT molecular complexity index is 547. The molecule has 0 saturated heterocycles. The highest BCUT2D eigenvalue weighted by Gasteiger charge is 2.25. The number of aryl methyl sites for hydroxylation is 1. The summed E-state index contributed by atoms with van der Waals surface area (Å²) in [6.07, 6.45) is 3.69. The number of hydrogen-bond donors (Lipinski definition) is 1. The summed E-state index contributed by atoms with van der Waals surface area (Å²) in [5.41, 5.74) is 1.29. The Morgan fingerprint density at radius 1 is 1.56 bits per heavy atom. The zero-order chi connectivity index (χ0) is 12.5. The van der Waals surface area contributed by atoms with Gasteiger partial charge in [-0.1, -0.05) is 6.92 Å². The van der Waals surface area contributed by atoms with Crippen molar-refractivity contribution in [3.63, 3.8) is 0 Å². The number of aromatic nitrogens is 1. The molecule has 96 valence electrons. The van der Waals surface area contributed by atoms with Gasteiger partial charge in [-0.15, -0.1) is 22.7 Å². The maximum atomic E-state index is 4.89. The number of nitrogens with one attached hydrogen (secondary N) is 1. The van der Waals surface area contributed by atoms with Crippen molar-refractivity contribution < 1.29 is 0 Å². The molecule has 2 aromatic heterocycles. The van der Waals surface area contributed by atoms with Crippen molar-refractivity contribution in [2.75, 3.05) is 6.54 Å². The van der Waals surface area contributed by atoms with Gasteiger partial charge in [0.15, 0.2) is 0 Å². The van der Waals surface area contributed by atoms with Gasteiger partial charge >= 0.3 is 0 Å². The smallest absolute Gasteiger partial charge is 0.135 e. The third-order valence-corrected chi connectivity index (χ3v) is 6.34. The minimum atomic E-state index is 0.461. The molecule has 1 N–H and O–H groups in total. The van der Waals surface area contributed by atoms with Gasteiger partial charge in [-0.3, -0.25) is 0 Å². The van der Waals surface area contributed by atoms with Crippen LogP contribution in [0, 0.1) is 0 Å². The van der Waals surface area contributed by atoms with E-state index in [1.807, 2.05) is 11.3 Å². The van der Waals surface area contributed by atoms with Crippen LogP contribution in [-0.4, -0.2) is 11.5 Å². The summed E-state index contributed by atoms with van der Waals surface area (Å²) >= 11 is 7.23. The summed E-state index contributed by atoms with van der Waals surface area (Å²) in [6, 6.07) is 2.56. The summed E-state index contributed by atoms with van der Waals surface area (Å²) in [4.78, 5) is 7.63. The van der Waals surface area contributed by atoms with Crippen molar-refractivity contribution in [2.45, 2.75) is 32.2 Å². The Kier molecular flexibility index (Phi) is 3.84. The molecule has 0 fully saturated rings. The van der Waals surface area contributed by atoms with Crippen molar-refractivity contribution in [2.24, 2.45) is 0 Å². The first-order valence-corrected chi connectivity index (χ1v) is 8.75. The molecular weight excluding hydrogens is 328 g/mol. The average molecular weight is 343 g/mol. The number of thiazole rings is 1. The highest BCUT2D eigenvalue weighted by molar-refractivity contribution is 9.10. The van der Waals surface area contributed by atoms with E-state index in [0.717, 1.165) is 6.54 Å². The molecule has 2 heterocycles. The molecule has 3 rings (SSSR count). The molecular formula is C13H15BrN2S2. The first kappa shape index (κ1) is 12.8. The Hall–Kier alpha value is -0.230. The van der Waals surface area contributed by atoms with Crippen molar-refractivity contribution in [3.8, 4) is 9.88 Å². The maximum absolute atomic E-state index is 4.89. The fraction of sp³-hybridized carbons (Fsp3) is 0.462. The molecule has 0 spiro atoms. The van der Waals surface area contributed by atoms with E-state index >= 15 is 0 Å². The van der Waals surface area contributed by atoms with E-state index in [1.54, 1.807) is 11.3 Å². The lowest BCUT2D eigenvalue weighted by Crippen LogP contribution is -2.24. The van der Waals surface area contributed by atoms with Crippen LogP contribution < -0.4 is 5.32 Å². The number of fused-ring (bicyclic) bond motifs is 1. The van der Waals surface area contributed by atoms with Crippen LogP contribution in [0.25, 0.3) is 9.88 Å². The monoisotopic (exact) mass is 342 g/mol. The third-order valence-electron chi connectivity index (χ3n) is 3.22. The van der Waals surface area contributed by atoms with Crippen LogP contribution in [0.3, 0.4) is 0 Å². The maximum Gasteiger partial charge on any atom is 0.135 e. The number of rotatable bonds is 3. The fourth-order valence-electron chi connectivity index (χ4n) is 2.41. The first-order valence-electron chi connectivity index (χ1n) is 6.26. The number of nitrogens with zero attached hydrogens (tertiary/aromatic N) is 1. The highest BCUT2D eigenvalue weighted by Crippen LogP contribution is 2.41. The quantitative estimate of drug-likeness (QED) is 0.880. The lowest BCUT2D eigenvalue weighted by atomic mass is 9.98. The lowest BCUT2D eigenvalue weighted by Gasteiger charge is -2.21. The van der Waals surface area contributed by atoms with E-state index < -0.39 is 0 Å². The third kappa shape index (κ3) is 2.29. The van der Waals surface area contributed by atoms with E-state index in [9.17, 15) is 0 Å². The van der Waals surface area contributed by atoms with Gasteiger partial charge in [-0.05, 0) is 53.2 Å².